The van der Waals surface area contributed by atoms with Gasteiger partial charge in [0.15, 0.2) is 0 Å². The van der Waals surface area contributed by atoms with Gasteiger partial charge in [0.2, 0.25) is 10.0 Å². The molecule has 1 aromatic carbocycles. The summed E-state index contributed by atoms with van der Waals surface area (Å²) in [4.78, 5) is 10.2. The van der Waals surface area contributed by atoms with Crippen molar-refractivity contribution in [3.8, 4) is 0 Å². The van der Waals surface area contributed by atoms with Crippen molar-refractivity contribution in [2.24, 2.45) is 0 Å². The summed E-state index contributed by atoms with van der Waals surface area (Å²) in [5, 5.41) is 19.5. The molecule has 0 unspecified atom stereocenters. The molecule has 0 fully saturated rings. The SMILES string of the molecule is Cc1cc(S(=O)(=O)NCCCCO)cc([N+](=O)[O-])c1C. The van der Waals surface area contributed by atoms with E-state index in [1.165, 1.54) is 6.07 Å². The van der Waals surface area contributed by atoms with Crippen LogP contribution < -0.4 is 4.72 Å². The first-order chi connectivity index (χ1) is 9.29. The van der Waals surface area contributed by atoms with Gasteiger partial charge >= 0.3 is 0 Å². The van der Waals surface area contributed by atoms with Crippen LogP contribution in [0.4, 0.5) is 5.69 Å². The number of hydrogen-bond acceptors (Lipinski definition) is 5. The van der Waals surface area contributed by atoms with Crippen LogP contribution in [0.1, 0.15) is 24.0 Å². The minimum Gasteiger partial charge on any atom is -0.396 e. The Kier molecular flexibility index (Phi) is 5.61. The fraction of sp³-hybridized carbons (Fsp3) is 0.500. The first kappa shape index (κ1) is 16.5. The molecule has 20 heavy (non-hydrogen) atoms. The molecule has 112 valence electrons. The Morgan fingerprint density at radius 1 is 1.30 bits per heavy atom. The van der Waals surface area contributed by atoms with E-state index >= 15 is 0 Å². The van der Waals surface area contributed by atoms with Crippen molar-refractivity contribution in [2.45, 2.75) is 31.6 Å². The molecule has 0 atom stereocenters. The molecular formula is C12H18N2O5S. The lowest BCUT2D eigenvalue weighted by atomic mass is 10.1. The van der Waals surface area contributed by atoms with Gasteiger partial charge in [0.25, 0.3) is 5.69 Å². The van der Waals surface area contributed by atoms with Gasteiger partial charge < -0.3 is 5.11 Å². The third kappa shape index (κ3) is 3.99. The number of aliphatic hydroxyl groups is 1. The van der Waals surface area contributed by atoms with E-state index in [1.807, 2.05) is 0 Å². The van der Waals surface area contributed by atoms with Crippen LogP contribution in [0, 0.1) is 24.0 Å². The van der Waals surface area contributed by atoms with Crippen molar-refractivity contribution in [3.05, 3.63) is 33.4 Å². The molecule has 0 aliphatic rings. The number of aliphatic hydroxyl groups excluding tert-OH is 1. The van der Waals surface area contributed by atoms with Crippen LogP contribution in [0.15, 0.2) is 17.0 Å². The maximum absolute atomic E-state index is 12.0. The maximum atomic E-state index is 12.0. The number of nitrogens with one attached hydrogen (secondary N) is 1. The molecule has 2 N–H and O–H groups in total. The Balaban J connectivity index is 3.04. The highest BCUT2D eigenvalue weighted by atomic mass is 32.2. The lowest BCUT2D eigenvalue weighted by Gasteiger charge is -2.09. The molecule has 0 aliphatic heterocycles. The van der Waals surface area contributed by atoms with E-state index in [0.29, 0.717) is 24.0 Å². The first-order valence-corrected chi connectivity index (χ1v) is 7.64. The number of nitrogens with zero attached hydrogens (tertiary/aromatic N) is 1. The van der Waals surface area contributed by atoms with Crippen molar-refractivity contribution in [2.75, 3.05) is 13.2 Å². The van der Waals surface area contributed by atoms with Crippen LogP contribution in [0.5, 0.6) is 0 Å². The fourth-order valence-corrected chi connectivity index (χ4v) is 2.86. The summed E-state index contributed by atoms with van der Waals surface area (Å²) >= 11 is 0. The standard InChI is InChI=1S/C12H18N2O5S/c1-9-7-11(8-12(10(9)2)14(16)17)20(18,19)13-5-3-4-6-15/h7-8,13,15H,3-6H2,1-2H3. The van der Waals surface area contributed by atoms with E-state index in [0.717, 1.165) is 6.07 Å². The zero-order valence-electron chi connectivity index (χ0n) is 11.4. The number of rotatable bonds is 7. The van der Waals surface area contributed by atoms with E-state index in [2.05, 4.69) is 4.72 Å². The van der Waals surface area contributed by atoms with Crippen LogP contribution in [-0.4, -0.2) is 31.6 Å². The van der Waals surface area contributed by atoms with Gasteiger partial charge in [-0.3, -0.25) is 10.1 Å². The van der Waals surface area contributed by atoms with E-state index in [-0.39, 0.29) is 23.7 Å². The van der Waals surface area contributed by atoms with Gasteiger partial charge in [0, 0.05) is 24.8 Å². The van der Waals surface area contributed by atoms with Gasteiger partial charge in [0.05, 0.1) is 9.82 Å². The minimum atomic E-state index is -3.77. The maximum Gasteiger partial charge on any atom is 0.273 e. The number of unbranched alkanes of at least 4 members (excludes halogenated alkanes) is 1. The summed E-state index contributed by atoms with van der Waals surface area (Å²) in [6, 6.07) is 2.48. The number of aryl methyl sites for hydroxylation is 1. The average Bonchev–Trinajstić information content (AvgIpc) is 2.37. The van der Waals surface area contributed by atoms with Gasteiger partial charge in [-0.1, -0.05) is 0 Å². The lowest BCUT2D eigenvalue weighted by Crippen LogP contribution is -2.25. The summed E-state index contributed by atoms with van der Waals surface area (Å²) in [5.74, 6) is 0. The molecular weight excluding hydrogens is 284 g/mol. The largest absolute Gasteiger partial charge is 0.396 e. The molecule has 0 amide bonds. The van der Waals surface area contributed by atoms with E-state index in [1.54, 1.807) is 13.8 Å². The van der Waals surface area contributed by atoms with Crippen molar-refractivity contribution >= 4 is 15.7 Å². The van der Waals surface area contributed by atoms with Crippen molar-refractivity contribution in [1.82, 2.24) is 4.72 Å². The molecule has 0 bridgehead atoms. The van der Waals surface area contributed by atoms with Crippen LogP contribution >= 0.6 is 0 Å². The number of nitro groups is 1. The molecule has 0 aliphatic carbocycles. The normalized spacial score (nSPS) is 11.6. The Labute approximate surface area is 117 Å². The molecule has 7 nitrogen and oxygen atoms in total. The second-order valence-corrected chi connectivity index (χ2v) is 6.24. The molecule has 0 saturated heterocycles. The highest BCUT2D eigenvalue weighted by Gasteiger charge is 2.21. The highest BCUT2D eigenvalue weighted by Crippen LogP contribution is 2.25. The predicted octanol–water partition coefficient (Wildman–Crippen LogP) is 1.26. The van der Waals surface area contributed by atoms with E-state index in [9.17, 15) is 18.5 Å². The minimum absolute atomic E-state index is 0.00314. The Morgan fingerprint density at radius 3 is 2.50 bits per heavy atom. The zero-order chi connectivity index (χ0) is 15.3. The Morgan fingerprint density at radius 2 is 1.95 bits per heavy atom. The topological polar surface area (TPSA) is 110 Å². The summed E-state index contributed by atoms with van der Waals surface area (Å²) in [5.41, 5.74) is 0.796. The quantitative estimate of drug-likeness (QED) is 0.447. The van der Waals surface area contributed by atoms with Crippen LogP contribution in [0.3, 0.4) is 0 Å². The van der Waals surface area contributed by atoms with E-state index < -0.39 is 14.9 Å². The molecule has 1 rings (SSSR count). The molecule has 0 saturated carbocycles. The van der Waals surface area contributed by atoms with Crippen molar-refractivity contribution in [3.63, 3.8) is 0 Å². The first-order valence-electron chi connectivity index (χ1n) is 6.15. The van der Waals surface area contributed by atoms with Crippen LogP contribution in [-0.2, 0) is 10.0 Å². The molecule has 1 aromatic rings. The van der Waals surface area contributed by atoms with E-state index in [4.69, 9.17) is 5.11 Å². The predicted molar refractivity (Wildman–Crippen MR) is 74.1 cm³/mol. The van der Waals surface area contributed by atoms with Gasteiger partial charge in [0.1, 0.15) is 0 Å². The summed E-state index contributed by atoms with van der Waals surface area (Å²) in [7, 11) is -3.77. The van der Waals surface area contributed by atoms with Crippen LogP contribution in [0.2, 0.25) is 0 Å². The van der Waals surface area contributed by atoms with Crippen molar-refractivity contribution < 1.29 is 18.4 Å². The molecule has 8 heteroatoms. The zero-order valence-corrected chi connectivity index (χ0v) is 12.2. The van der Waals surface area contributed by atoms with Gasteiger partial charge in [-0.15, -0.1) is 0 Å². The van der Waals surface area contributed by atoms with Gasteiger partial charge in [-0.05, 0) is 38.3 Å². The summed E-state index contributed by atoms with van der Waals surface area (Å²) in [6.45, 7) is 3.39. The molecule has 0 heterocycles. The van der Waals surface area contributed by atoms with Gasteiger partial charge in [-0.2, -0.15) is 0 Å². The number of nitro benzene ring substituents is 1. The summed E-state index contributed by atoms with van der Waals surface area (Å²) < 4.78 is 26.4. The Bertz CT molecular complexity index is 598. The molecule has 0 radical (unpaired) electrons. The third-order valence-electron chi connectivity index (χ3n) is 3.00. The second kappa shape index (κ2) is 6.78. The van der Waals surface area contributed by atoms with Crippen LogP contribution in [0.25, 0.3) is 0 Å². The Hall–Kier alpha value is -1.51. The fourth-order valence-electron chi connectivity index (χ4n) is 1.68. The molecule has 0 spiro atoms. The van der Waals surface area contributed by atoms with Crippen molar-refractivity contribution in [1.29, 1.82) is 0 Å². The lowest BCUT2D eigenvalue weighted by molar-refractivity contribution is -0.385. The monoisotopic (exact) mass is 302 g/mol. The van der Waals surface area contributed by atoms with Gasteiger partial charge in [-0.25, -0.2) is 13.1 Å². The smallest absolute Gasteiger partial charge is 0.273 e. The highest BCUT2D eigenvalue weighted by molar-refractivity contribution is 7.89. The number of benzene rings is 1. The third-order valence-corrected chi connectivity index (χ3v) is 4.44. The second-order valence-electron chi connectivity index (χ2n) is 4.47. The number of sulfonamides is 1. The average molecular weight is 302 g/mol. The molecule has 0 aromatic heterocycles. The summed E-state index contributed by atoms with van der Waals surface area (Å²) in [6.07, 6.45) is 0.998. The number of hydrogen-bond donors (Lipinski definition) is 2.